The third kappa shape index (κ3) is 28.9. The molecule has 18 nitrogen and oxygen atoms in total. The van der Waals surface area contributed by atoms with Crippen LogP contribution in [0.15, 0.2) is 58.3 Å². The van der Waals surface area contributed by atoms with E-state index in [0.717, 1.165) is 75.5 Å². The normalized spacial score (nSPS) is 19.4. The lowest BCUT2D eigenvalue weighted by Crippen LogP contribution is -2.45. The first-order valence-electron chi connectivity index (χ1n) is 28.0. The Morgan fingerprint density at radius 1 is 0.582 bits per heavy atom. The summed E-state index contributed by atoms with van der Waals surface area (Å²) in [6.07, 6.45) is 7.34. The number of rotatable bonds is 14. The molecule has 4 heterocycles. The molecular weight excluding hydrogens is 1100 g/mol. The van der Waals surface area contributed by atoms with Gasteiger partial charge in [0.05, 0.1) is 35.1 Å². The molecule has 4 fully saturated rings. The first-order valence-corrected chi connectivity index (χ1v) is 31.7. The lowest BCUT2D eigenvalue weighted by molar-refractivity contribution is 0.0170. The molecule has 22 heteroatoms. The molecule has 2 aromatic carbocycles. The number of aliphatic hydroxyl groups is 1. The summed E-state index contributed by atoms with van der Waals surface area (Å²) < 4.78 is 67.2. The smallest absolute Gasteiger partial charge is 0.410 e. The van der Waals surface area contributed by atoms with Crippen LogP contribution in [0.25, 0.3) is 0 Å². The lowest BCUT2D eigenvalue weighted by Gasteiger charge is -2.31. The van der Waals surface area contributed by atoms with Crippen LogP contribution in [0, 0.1) is 13.8 Å². The van der Waals surface area contributed by atoms with E-state index in [2.05, 4.69) is 42.8 Å². The number of amides is 3. The molecule has 3 amide bonds. The Bertz CT molecular complexity index is 2300. The number of hydrogen-bond donors (Lipinski definition) is 2. The second-order valence-electron chi connectivity index (χ2n) is 23.2. The van der Waals surface area contributed by atoms with Crippen LogP contribution in [0.1, 0.15) is 153 Å². The van der Waals surface area contributed by atoms with Gasteiger partial charge < -0.3 is 49.1 Å². The van der Waals surface area contributed by atoms with Gasteiger partial charge in [-0.15, -0.1) is 12.4 Å². The molecule has 456 valence electrons. The summed E-state index contributed by atoms with van der Waals surface area (Å²) in [5.74, 6) is 0. The highest BCUT2D eigenvalue weighted by atomic mass is 35.7. The highest BCUT2D eigenvalue weighted by Crippen LogP contribution is 2.25. The number of nitrogens with zero attached hydrogens (tertiary/aromatic N) is 5. The average molecular weight is 1200 g/mol. The van der Waals surface area contributed by atoms with E-state index >= 15 is 0 Å². The van der Waals surface area contributed by atoms with Gasteiger partial charge in [0, 0.05) is 55.5 Å². The van der Waals surface area contributed by atoms with Crippen LogP contribution >= 0.6 is 23.1 Å². The Morgan fingerprint density at radius 2 is 0.949 bits per heavy atom. The summed E-state index contributed by atoms with van der Waals surface area (Å²) >= 11 is 0. The number of carbonyl (C=O) groups excluding carboxylic acids is 3. The lowest BCUT2D eigenvalue weighted by atomic mass is 10.2. The van der Waals surface area contributed by atoms with E-state index in [0.29, 0.717) is 25.6 Å². The fourth-order valence-corrected chi connectivity index (χ4v) is 10.6. The van der Waals surface area contributed by atoms with E-state index < -0.39 is 42.1 Å². The number of carbonyl (C=O) groups is 3. The van der Waals surface area contributed by atoms with Gasteiger partial charge in [-0.25, -0.2) is 22.8 Å². The monoisotopic (exact) mass is 1190 g/mol. The third-order valence-corrected chi connectivity index (χ3v) is 15.8. The number of hydrogen-bond acceptors (Lipinski definition) is 15. The van der Waals surface area contributed by atoms with Crippen LogP contribution in [0.5, 0.6) is 0 Å². The summed E-state index contributed by atoms with van der Waals surface area (Å²) in [5.41, 5.74) is 0.535. The predicted molar refractivity (Wildman–Crippen MR) is 317 cm³/mol. The minimum absolute atomic E-state index is 0. The van der Waals surface area contributed by atoms with E-state index in [1.54, 1.807) is 54.8 Å². The molecular formula is C57H100Cl2N6O12S2. The second-order valence-corrected chi connectivity index (χ2v) is 27.3. The standard InChI is InChI=1S/C17H25NO5S.C14H28N2O2.C10H19NO3.C9H20N2.C7H7ClO2S.ClH/c1-13-7-9-15(10-8-13)24(20,21)22-12-14-6-5-11-18(14)16(19)23-17(2,3)4;1-6-15(7-2)11-12-9-8-10-16(12)13(17)18-14(3,4)5;1-10(2,3)14-9(13)11-6-4-5-8(11)7-12;1-3-11(4-2)8-9-6-5-7-10-9;1-6-2-4-7(5-3-6)11(8,9)10;/h7-10,14H,5-6,11-12H2,1-4H3;12H,6-11H2,1-5H3;8,12H,4-7H2,1-3H3;9-10H,3-8H2,1-2H3;2-5H,1H3;1H/t14-;12-;8-;9-;;/m1111../s1. The van der Waals surface area contributed by atoms with Gasteiger partial charge in [0.2, 0.25) is 0 Å². The van der Waals surface area contributed by atoms with Gasteiger partial charge in [-0.1, -0.05) is 63.1 Å². The van der Waals surface area contributed by atoms with Crippen molar-refractivity contribution in [2.45, 2.75) is 206 Å². The average Bonchev–Trinajstić information content (AvgIpc) is 4.20. The number of nitrogens with one attached hydrogen (secondary N) is 1. The third-order valence-electron chi connectivity index (χ3n) is 13.2. The van der Waals surface area contributed by atoms with Gasteiger partial charge in [0.25, 0.3) is 19.2 Å². The summed E-state index contributed by atoms with van der Waals surface area (Å²) in [4.78, 5) is 46.1. The van der Waals surface area contributed by atoms with Crippen molar-refractivity contribution in [1.29, 1.82) is 0 Å². The minimum atomic E-state index is -3.83. The van der Waals surface area contributed by atoms with E-state index in [1.165, 1.54) is 63.3 Å². The fourth-order valence-electron chi connectivity index (χ4n) is 8.87. The van der Waals surface area contributed by atoms with Crippen LogP contribution in [0.3, 0.4) is 0 Å². The maximum absolute atomic E-state index is 12.2. The van der Waals surface area contributed by atoms with Crippen molar-refractivity contribution in [3.8, 4) is 0 Å². The van der Waals surface area contributed by atoms with E-state index in [-0.39, 0.29) is 59.7 Å². The highest BCUT2D eigenvalue weighted by Gasteiger charge is 2.35. The van der Waals surface area contributed by atoms with Gasteiger partial charge in [0.1, 0.15) is 16.8 Å². The zero-order chi connectivity index (χ0) is 59.1. The maximum atomic E-state index is 12.2. The van der Waals surface area contributed by atoms with Crippen LogP contribution in [-0.2, 0) is 37.6 Å². The molecule has 4 saturated heterocycles. The molecule has 0 unspecified atom stereocenters. The molecule has 4 aliphatic heterocycles. The molecule has 0 radical (unpaired) electrons. The van der Waals surface area contributed by atoms with Crippen molar-refractivity contribution in [1.82, 2.24) is 29.8 Å². The van der Waals surface area contributed by atoms with Crippen LogP contribution in [-0.4, -0.2) is 184 Å². The number of aryl methyl sites for hydroxylation is 2. The van der Waals surface area contributed by atoms with Gasteiger partial charge >= 0.3 is 18.3 Å². The van der Waals surface area contributed by atoms with Gasteiger partial charge in [-0.05, 0) is 185 Å². The second kappa shape index (κ2) is 34.8. The Kier molecular flexibility index (Phi) is 32.4. The Hall–Kier alpha value is -3.47. The molecule has 0 spiro atoms. The molecule has 2 N–H and O–H groups in total. The molecule has 4 atom stereocenters. The first-order chi connectivity index (χ1) is 36.3. The highest BCUT2D eigenvalue weighted by molar-refractivity contribution is 8.13. The van der Waals surface area contributed by atoms with E-state index in [1.807, 2.05) is 60.3 Å². The number of ether oxygens (including phenoxy) is 3. The number of aliphatic hydroxyl groups excluding tert-OH is 1. The topological polar surface area (TPSA) is 205 Å². The van der Waals surface area contributed by atoms with Crippen molar-refractivity contribution >= 4 is 60.5 Å². The van der Waals surface area contributed by atoms with E-state index in [4.69, 9.17) is 34.2 Å². The number of likely N-dealkylation sites (N-methyl/N-ethyl adjacent to an activating group) is 2. The first kappa shape index (κ1) is 73.5. The van der Waals surface area contributed by atoms with Crippen molar-refractivity contribution < 1.29 is 54.7 Å². The van der Waals surface area contributed by atoms with Crippen molar-refractivity contribution in [2.75, 3.05) is 78.7 Å². The molecule has 4 aliphatic rings. The van der Waals surface area contributed by atoms with Crippen LogP contribution in [0.4, 0.5) is 14.4 Å². The zero-order valence-electron chi connectivity index (χ0n) is 50.3. The van der Waals surface area contributed by atoms with Gasteiger partial charge in [-0.3, -0.25) is 4.18 Å². The summed E-state index contributed by atoms with van der Waals surface area (Å²) in [6.45, 7) is 39.2. The minimum Gasteiger partial charge on any atom is -0.444 e. The Balaban J connectivity index is 0.000000509. The number of halogens is 2. The molecule has 0 saturated carbocycles. The summed E-state index contributed by atoms with van der Waals surface area (Å²) in [6, 6.07) is 13.6. The van der Waals surface area contributed by atoms with E-state index in [9.17, 15) is 31.2 Å². The van der Waals surface area contributed by atoms with Crippen molar-refractivity contribution in [3.05, 3.63) is 59.7 Å². The number of benzene rings is 2. The Morgan fingerprint density at radius 3 is 1.32 bits per heavy atom. The fraction of sp³-hybridized carbons (Fsp3) is 0.737. The van der Waals surface area contributed by atoms with Crippen LogP contribution < -0.4 is 5.32 Å². The largest absolute Gasteiger partial charge is 0.444 e. The van der Waals surface area contributed by atoms with Gasteiger partial charge in [-0.2, -0.15) is 8.42 Å². The summed E-state index contributed by atoms with van der Waals surface area (Å²) in [7, 11) is -2.29. The molecule has 79 heavy (non-hydrogen) atoms. The number of likely N-dealkylation sites (tertiary alicyclic amines) is 3. The van der Waals surface area contributed by atoms with Crippen LogP contribution in [0.2, 0.25) is 0 Å². The van der Waals surface area contributed by atoms with Gasteiger partial charge in [0.15, 0.2) is 0 Å². The predicted octanol–water partition coefficient (Wildman–Crippen LogP) is 10.6. The SMILES string of the molecule is CC(C)(C)OC(=O)N1CCC[C@@H]1CO.CCN(CC)C[C@H]1CCCN1.CCN(CC)C[C@H]1CCCN1C(=O)OC(C)(C)C.Cc1ccc(S(=O)(=O)Cl)cc1.Cc1ccc(S(=O)(=O)OC[C@H]2CCCN2C(=O)OC(C)(C)C)cc1.Cl. The molecule has 0 bridgehead atoms. The van der Waals surface area contributed by atoms with Crippen molar-refractivity contribution in [2.24, 2.45) is 0 Å². The molecule has 6 rings (SSSR count). The molecule has 2 aromatic rings. The molecule has 0 aromatic heterocycles. The zero-order valence-corrected chi connectivity index (χ0v) is 53.6. The summed E-state index contributed by atoms with van der Waals surface area (Å²) in [5, 5.41) is 12.5. The maximum Gasteiger partial charge on any atom is 0.410 e. The van der Waals surface area contributed by atoms with Crippen molar-refractivity contribution in [3.63, 3.8) is 0 Å². The molecule has 0 aliphatic carbocycles. The quantitative estimate of drug-likeness (QED) is 0.103. The Labute approximate surface area is 486 Å².